The fraction of sp³-hybridized carbons (Fsp3) is 0.278. The quantitative estimate of drug-likeness (QED) is 0.855. The second-order valence-electron chi connectivity index (χ2n) is 5.37. The lowest BCUT2D eigenvalue weighted by molar-refractivity contribution is 0.0934. The molecule has 1 aromatic carbocycles. The molecule has 0 radical (unpaired) electrons. The summed E-state index contributed by atoms with van der Waals surface area (Å²) in [5, 5.41) is 5.60. The molecule has 2 aromatic rings. The zero-order valence-electron chi connectivity index (χ0n) is 14.0. The molecule has 1 atom stereocenters. The van der Waals surface area contributed by atoms with Gasteiger partial charge in [0.15, 0.2) is 0 Å². The van der Waals surface area contributed by atoms with Crippen LogP contribution in [0.2, 0.25) is 0 Å². The Hall–Kier alpha value is -2.89. The van der Waals surface area contributed by atoms with E-state index in [0.29, 0.717) is 17.0 Å². The van der Waals surface area contributed by atoms with Gasteiger partial charge in [0.05, 0.1) is 12.8 Å². The summed E-state index contributed by atoms with van der Waals surface area (Å²) in [6.07, 6.45) is 2.27. The van der Waals surface area contributed by atoms with Crippen LogP contribution in [0.4, 0.5) is 5.69 Å². The summed E-state index contributed by atoms with van der Waals surface area (Å²) in [7, 11) is 1.54. The molecular formula is C18H21N3O3. The van der Waals surface area contributed by atoms with Crippen molar-refractivity contribution >= 4 is 17.5 Å². The van der Waals surface area contributed by atoms with Gasteiger partial charge in [-0.2, -0.15) is 0 Å². The number of pyridine rings is 1. The monoisotopic (exact) mass is 327 g/mol. The summed E-state index contributed by atoms with van der Waals surface area (Å²) < 4.78 is 5.21. The SMILES string of the molecule is CCC(C)NC(=O)c1cc(C(=O)Nc2ccccc2OC)ccn1. The molecule has 2 rings (SSSR count). The van der Waals surface area contributed by atoms with E-state index in [1.54, 1.807) is 24.3 Å². The highest BCUT2D eigenvalue weighted by molar-refractivity contribution is 6.06. The van der Waals surface area contributed by atoms with Gasteiger partial charge in [-0.25, -0.2) is 0 Å². The smallest absolute Gasteiger partial charge is 0.270 e. The molecule has 0 aliphatic carbocycles. The van der Waals surface area contributed by atoms with Crippen molar-refractivity contribution < 1.29 is 14.3 Å². The predicted molar refractivity (Wildman–Crippen MR) is 92.4 cm³/mol. The van der Waals surface area contributed by atoms with Gasteiger partial charge in [-0.3, -0.25) is 14.6 Å². The summed E-state index contributed by atoms with van der Waals surface area (Å²) in [5.41, 5.74) is 1.13. The van der Waals surface area contributed by atoms with E-state index in [1.807, 2.05) is 19.9 Å². The Morgan fingerprint density at radius 1 is 1.21 bits per heavy atom. The molecule has 2 N–H and O–H groups in total. The van der Waals surface area contributed by atoms with Gasteiger partial charge in [0.1, 0.15) is 11.4 Å². The second-order valence-corrected chi connectivity index (χ2v) is 5.37. The highest BCUT2D eigenvalue weighted by Gasteiger charge is 2.14. The Bertz CT molecular complexity index is 731. The third-order valence-electron chi connectivity index (χ3n) is 3.60. The molecule has 0 fully saturated rings. The van der Waals surface area contributed by atoms with Gasteiger partial charge in [0.25, 0.3) is 11.8 Å². The van der Waals surface area contributed by atoms with Crippen LogP contribution >= 0.6 is 0 Å². The molecule has 1 aromatic heterocycles. The molecule has 0 saturated heterocycles. The fourth-order valence-corrected chi connectivity index (χ4v) is 2.04. The first-order valence-electron chi connectivity index (χ1n) is 7.76. The normalized spacial score (nSPS) is 11.5. The number of benzene rings is 1. The van der Waals surface area contributed by atoms with Crippen LogP contribution < -0.4 is 15.4 Å². The molecule has 24 heavy (non-hydrogen) atoms. The molecule has 6 nitrogen and oxygen atoms in total. The van der Waals surface area contributed by atoms with Crippen LogP contribution in [0.5, 0.6) is 5.75 Å². The fourth-order valence-electron chi connectivity index (χ4n) is 2.04. The number of anilines is 1. The van der Waals surface area contributed by atoms with E-state index in [2.05, 4.69) is 15.6 Å². The van der Waals surface area contributed by atoms with Crippen LogP contribution in [0.15, 0.2) is 42.6 Å². The maximum absolute atomic E-state index is 12.4. The number of ether oxygens (including phenoxy) is 1. The number of carbonyl (C=O) groups excluding carboxylic acids is 2. The second kappa shape index (κ2) is 8.10. The summed E-state index contributed by atoms with van der Waals surface area (Å²) in [4.78, 5) is 28.6. The van der Waals surface area contributed by atoms with Gasteiger partial charge in [0.2, 0.25) is 0 Å². The first-order chi connectivity index (χ1) is 11.5. The summed E-state index contributed by atoms with van der Waals surface area (Å²) in [6.45, 7) is 3.89. The van der Waals surface area contributed by atoms with Crippen molar-refractivity contribution in [3.05, 3.63) is 53.9 Å². The molecule has 2 amide bonds. The van der Waals surface area contributed by atoms with Gasteiger partial charge >= 0.3 is 0 Å². The molecular weight excluding hydrogens is 306 g/mol. The zero-order valence-corrected chi connectivity index (χ0v) is 14.0. The van der Waals surface area contributed by atoms with Gasteiger partial charge in [-0.1, -0.05) is 19.1 Å². The Balaban J connectivity index is 2.16. The molecule has 0 saturated carbocycles. The predicted octanol–water partition coefficient (Wildman–Crippen LogP) is 2.87. The van der Waals surface area contributed by atoms with E-state index in [-0.39, 0.29) is 23.6 Å². The molecule has 0 aliphatic rings. The van der Waals surface area contributed by atoms with Gasteiger partial charge in [-0.05, 0) is 37.6 Å². The molecule has 0 bridgehead atoms. The summed E-state index contributed by atoms with van der Waals surface area (Å²) in [5.74, 6) is -0.0644. The van der Waals surface area contributed by atoms with Crippen molar-refractivity contribution in [2.45, 2.75) is 26.3 Å². The molecule has 1 heterocycles. The lowest BCUT2D eigenvalue weighted by Gasteiger charge is -2.12. The number of amides is 2. The number of hydrogen-bond acceptors (Lipinski definition) is 4. The van der Waals surface area contributed by atoms with E-state index >= 15 is 0 Å². The van der Waals surface area contributed by atoms with E-state index in [9.17, 15) is 9.59 Å². The number of nitrogens with one attached hydrogen (secondary N) is 2. The van der Waals surface area contributed by atoms with Gasteiger partial charge in [0, 0.05) is 17.8 Å². The third kappa shape index (κ3) is 4.32. The minimum absolute atomic E-state index is 0.0466. The summed E-state index contributed by atoms with van der Waals surface area (Å²) in [6, 6.07) is 10.2. The molecule has 126 valence electrons. The number of nitrogens with zero attached hydrogens (tertiary/aromatic N) is 1. The Labute approximate surface area is 141 Å². The maximum atomic E-state index is 12.4. The highest BCUT2D eigenvalue weighted by atomic mass is 16.5. The number of methoxy groups -OCH3 is 1. The van der Waals surface area contributed by atoms with Crippen LogP contribution in [0.1, 0.15) is 41.1 Å². The molecule has 6 heteroatoms. The van der Waals surface area contributed by atoms with Crippen molar-refractivity contribution in [1.29, 1.82) is 0 Å². The minimum Gasteiger partial charge on any atom is -0.495 e. The first kappa shape index (κ1) is 17.5. The largest absolute Gasteiger partial charge is 0.495 e. The number of carbonyl (C=O) groups is 2. The Morgan fingerprint density at radius 2 is 1.96 bits per heavy atom. The lowest BCUT2D eigenvalue weighted by Crippen LogP contribution is -2.32. The van der Waals surface area contributed by atoms with Gasteiger partial charge in [-0.15, -0.1) is 0 Å². The lowest BCUT2D eigenvalue weighted by atomic mass is 10.2. The zero-order chi connectivity index (χ0) is 17.5. The molecule has 0 spiro atoms. The summed E-state index contributed by atoms with van der Waals surface area (Å²) >= 11 is 0. The van der Waals surface area contributed by atoms with E-state index < -0.39 is 0 Å². The number of para-hydroxylation sites is 2. The van der Waals surface area contributed by atoms with Crippen molar-refractivity contribution in [3.8, 4) is 5.75 Å². The molecule has 0 aliphatic heterocycles. The molecule has 1 unspecified atom stereocenters. The van der Waals surface area contributed by atoms with Crippen LogP contribution in [0.3, 0.4) is 0 Å². The Morgan fingerprint density at radius 3 is 2.67 bits per heavy atom. The third-order valence-corrected chi connectivity index (χ3v) is 3.60. The van der Waals surface area contributed by atoms with E-state index in [0.717, 1.165) is 6.42 Å². The van der Waals surface area contributed by atoms with Crippen molar-refractivity contribution in [2.75, 3.05) is 12.4 Å². The topological polar surface area (TPSA) is 80.3 Å². The van der Waals surface area contributed by atoms with E-state index in [1.165, 1.54) is 19.4 Å². The highest BCUT2D eigenvalue weighted by Crippen LogP contribution is 2.23. The minimum atomic E-state index is -0.334. The van der Waals surface area contributed by atoms with E-state index in [4.69, 9.17) is 4.74 Å². The Kier molecular flexibility index (Phi) is 5.89. The number of hydrogen-bond donors (Lipinski definition) is 2. The standard InChI is InChI=1S/C18H21N3O3/c1-4-12(2)20-18(23)15-11-13(9-10-19-15)17(22)21-14-7-5-6-8-16(14)24-3/h5-12H,4H2,1-3H3,(H,20,23)(H,21,22). The number of aromatic nitrogens is 1. The number of rotatable bonds is 6. The average molecular weight is 327 g/mol. The maximum Gasteiger partial charge on any atom is 0.270 e. The van der Waals surface area contributed by atoms with Gasteiger partial charge < -0.3 is 15.4 Å². The average Bonchev–Trinajstić information content (AvgIpc) is 2.62. The van der Waals surface area contributed by atoms with Crippen molar-refractivity contribution in [3.63, 3.8) is 0 Å². The van der Waals surface area contributed by atoms with Crippen LogP contribution in [0, 0.1) is 0 Å². The van der Waals surface area contributed by atoms with Crippen molar-refractivity contribution in [1.82, 2.24) is 10.3 Å². The van der Waals surface area contributed by atoms with Crippen LogP contribution in [-0.2, 0) is 0 Å². The van der Waals surface area contributed by atoms with Crippen LogP contribution in [0.25, 0.3) is 0 Å². The first-order valence-corrected chi connectivity index (χ1v) is 7.76. The van der Waals surface area contributed by atoms with Crippen LogP contribution in [-0.4, -0.2) is 29.9 Å². The van der Waals surface area contributed by atoms with Crippen molar-refractivity contribution in [2.24, 2.45) is 0 Å².